The van der Waals surface area contributed by atoms with Crippen molar-refractivity contribution in [2.24, 2.45) is 0 Å². The van der Waals surface area contributed by atoms with Crippen LogP contribution in [0.25, 0.3) is 32.3 Å². The lowest BCUT2D eigenvalue weighted by Crippen LogP contribution is -2.20. The van der Waals surface area contributed by atoms with Crippen molar-refractivity contribution in [1.29, 1.82) is 0 Å². The zero-order valence-electron chi connectivity index (χ0n) is 22.0. The molecule has 194 valence electrons. The molecule has 0 heterocycles. The molecule has 0 spiro atoms. The maximum absolute atomic E-state index is 15.2. The number of benzene rings is 6. The summed E-state index contributed by atoms with van der Waals surface area (Å²) in [6.07, 6.45) is 0. The SMILES string of the molecule is Cc1ccc2ccccc2c1C(=O)P(=O)(C(=O)c1ccc2ccccc2c1)C(=O)c1c(C)ccc2ccccc12. The summed E-state index contributed by atoms with van der Waals surface area (Å²) in [4.78, 5) is 43.4. The summed E-state index contributed by atoms with van der Waals surface area (Å²) in [6.45, 7) is 3.47. The molecule has 40 heavy (non-hydrogen) atoms. The van der Waals surface area contributed by atoms with Crippen molar-refractivity contribution < 1.29 is 18.9 Å². The number of hydrogen-bond acceptors (Lipinski definition) is 4. The Hall–Kier alpha value is -4.66. The van der Waals surface area contributed by atoms with Gasteiger partial charge in [-0.1, -0.05) is 109 Å². The van der Waals surface area contributed by atoms with E-state index in [1.165, 1.54) is 0 Å². The highest BCUT2D eigenvalue weighted by molar-refractivity contribution is 8.07. The number of fused-ring (bicyclic) bond motifs is 3. The molecular weight excluding hydrogens is 515 g/mol. The summed E-state index contributed by atoms with van der Waals surface area (Å²) in [6, 6.07) is 34.1. The molecule has 0 aliphatic rings. The fourth-order valence-electron chi connectivity index (χ4n) is 5.42. The molecule has 0 aromatic heterocycles. The van der Waals surface area contributed by atoms with Crippen molar-refractivity contribution in [3.05, 3.63) is 143 Å². The summed E-state index contributed by atoms with van der Waals surface area (Å²) in [5.41, 5.74) is -1.36. The normalized spacial score (nSPS) is 11.7. The first-order valence-electron chi connectivity index (χ1n) is 13.0. The van der Waals surface area contributed by atoms with E-state index < -0.39 is 23.7 Å². The van der Waals surface area contributed by atoms with Crippen LogP contribution in [0.2, 0.25) is 0 Å². The maximum atomic E-state index is 15.2. The Kier molecular flexibility index (Phi) is 6.29. The van der Waals surface area contributed by atoms with E-state index in [-0.39, 0.29) is 16.7 Å². The van der Waals surface area contributed by atoms with Gasteiger partial charge in [0.15, 0.2) is 0 Å². The summed E-state index contributed by atoms with van der Waals surface area (Å²) < 4.78 is 15.2. The van der Waals surface area contributed by atoms with Crippen LogP contribution in [0.5, 0.6) is 0 Å². The van der Waals surface area contributed by atoms with Crippen LogP contribution >= 0.6 is 7.14 Å². The second-order valence-electron chi connectivity index (χ2n) is 10.0. The van der Waals surface area contributed by atoms with Crippen LogP contribution in [0.15, 0.2) is 115 Å². The minimum Gasteiger partial charge on any atom is -0.298 e. The van der Waals surface area contributed by atoms with Crippen molar-refractivity contribution in [2.75, 3.05) is 0 Å². The molecule has 0 unspecified atom stereocenters. The maximum Gasteiger partial charge on any atom is 0.287 e. The van der Waals surface area contributed by atoms with E-state index in [0.29, 0.717) is 21.9 Å². The zero-order chi connectivity index (χ0) is 28.0. The predicted octanol–water partition coefficient (Wildman–Crippen LogP) is 8.95. The van der Waals surface area contributed by atoms with Gasteiger partial charge in [0.1, 0.15) is 0 Å². The van der Waals surface area contributed by atoms with Crippen LogP contribution in [-0.2, 0) is 4.57 Å². The Labute approximate surface area is 231 Å². The van der Waals surface area contributed by atoms with Crippen LogP contribution in [0.3, 0.4) is 0 Å². The number of hydrogen-bond donors (Lipinski definition) is 0. The third-order valence-corrected chi connectivity index (χ3v) is 9.98. The van der Waals surface area contributed by atoms with Crippen molar-refractivity contribution >= 4 is 56.0 Å². The van der Waals surface area contributed by atoms with E-state index in [4.69, 9.17) is 0 Å². The summed E-state index contributed by atoms with van der Waals surface area (Å²) in [5.74, 6) is 0. The predicted molar refractivity (Wildman–Crippen MR) is 162 cm³/mol. The number of rotatable bonds is 6. The molecular formula is C35H25O4P. The molecule has 0 amide bonds. The van der Waals surface area contributed by atoms with Gasteiger partial charge < -0.3 is 0 Å². The fraction of sp³-hybridized carbons (Fsp3) is 0.0571. The molecule has 0 bridgehead atoms. The monoisotopic (exact) mass is 540 g/mol. The molecule has 6 rings (SSSR count). The number of carbonyl (C=O) groups excluding carboxylic acids is 3. The average Bonchev–Trinajstić information content (AvgIpc) is 2.99. The van der Waals surface area contributed by atoms with Gasteiger partial charge >= 0.3 is 0 Å². The Morgan fingerprint density at radius 3 is 1.43 bits per heavy atom. The minimum absolute atomic E-state index is 0.0690. The highest BCUT2D eigenvalue weighted by Crippen LogP contribution is 2.56. The summed E-state index contributed by atoms with van der Waals surface area (Å²) >= 11 is 0. The highest BCUT2D eigenvalue weighted by atomic mass is 31.2. The molecule has 0 N–H and O–H groups in total. The standard InChI is InChI=1S/C35H25O4P/c1-22-15-17-25-10-5-7-13-29(25)31(22)34(37)40(39,33(36)28-20-19-24-9-3-4-12-27(24)21-28)35(38)32-23(2)16-18-26-11-6-8-14-30(26)32/h3-21H,1-2H3. The lowest BCUT2D eigenvalue weighted by atomic mass is 10.0. The van der Waals surface area contributed by atoms with Crippen LogP contribution in [0.4, 0.5) is 0 Å². The van der Waals surface area contributed by atoms with E-state index >= 15 is 4.57 Å². The van der Waals surface area contributed by atoms with E-state index in [0.717, 1.165) is 21.5 Å². The van der Waals surface area contributed by atoms with Gasteiger partial charge in [0.05, 0.1) is 0 Å². The van der Waals surface area contributed by atoms with Crippen molar-refractivity contribution in [3.8, 4) is 0 Å². The van der Waals surface area contributed by atoms with E-state index in [9.17, 15) is 14.4 Å². The molecule has 0 saturated carbocycles. The Bertz CT molecular complexity index is 1970. The minimum atomic E-state index is -4.92. The van der Waals surface area contributed by atoms with Crippen LogP contribution in [0, 0.1) is 13.8 Å². The van der Waals surface area contributed by atoms with Gasteiger partial charge in [0, 0.05) is 16.7 Å². The van der Waals surface area contributed by atoms with Gasteiger partial charge in [-0.25, -0.2) is 0 Å². The summed E-state index contributed by atoms with van der Waals surface area (Å²) in [7, 11) is -4.92. The van der Waals surface area contributed by atoms with Crippen LogP contribution < -0.4 is 0 Å². The summed E-state index contributed by atoms with van der Waals surface area (Å²) in [5, 5.41) is 4.27. The van der Waals surface area contributed by atoms with Gasteiger partial charge in [-0.2, -0.15) is 0 Å². The smallest absolute Gasteiger partial charge is 0.287 e. The Balaban J connectivity index is 1.63. The zero-order valence-corrected chi connectivity index (χ0v) is 22.9. The molecule has 0 aliphatic heterocycles. The van der Waals surface area contributed by atoms with Crippen LogP contribution in [-0.4, -0.2) is 16.6 Å². The lowest BCUT2D eigenvalue weighted by molar-refractivity contribution is 0.100. The number of aryl methyl sites for hydroxylation is 2. The van der Waals surface area contributed by atoms with Crippen molar-refractivity contribution in [2.45, 2.75) is 13.8 Å². The molecule has 6 aromatic rings. The Morgan fingerprint density at radius 2 is 0.900 bits per heavy atom. The quantitative estimate of drug-likeness (QED) is 0.198. The van der Waals surface area contributed by atoms with Crippen molar-refractivity contribution in [1.82, 2.24) is 0 Å². The first-order chi connectivity index (χ1) is 19.3. The van der Waals surface area contributed by atoms with E-state index in [1.807, 2.05) is 60.7 Å². The molecule has 6 aromatic carbocycles. The van der Waals surface area contributed by atoms with Gasteiger partial charge in [0.2, 0.25) is 16.6 Å². The fourth-order valence-corrected chi connectivity index (χ4v) is 7.70. The molecule has 0 radical (unpaired) electrons. The molecule has 5 heteroatoms. The molecule has 0 fully saturated rings. The first-order valence-corrected chi connectivity index (χ1v) is 14.7. The second-order valence-corrected chi connectivity index (χ2v) is 12.5. The average molecular weight is 541 g/mol. The largest absolute Gasteiger partial charge is 0.298 e. The second kappa shape index (κ2) is 9.82. The molecule has 4 nitrogen and oxygen atoms in total. The number of carbonyl (C=O) groups is 3. The third kappa shape index (κ3) is 4.00. The third-order valence-electron chi connectivity index (χ3n) is 7.56. The van der Waals surface area contributed by atoms with Crippen molar-refractivity contribution in [3.63, 3.8) is 0 Å². The lowest BCUT2D eigenvalue weighted by Gasteiger charge is -2.20. The van der Waals surface area contributed by atoms with Gasteiger partial charge in [-0.15, -0.1) is 0 Å². The highest BCUT2D eigenvalue weighted by Gasteiger charge is 2.49. The van der Waals surface area contributed by atoms with Gasteiger partial charge in [-0.05, 0) is 63.4 Å². The van der Waals surface area contributed by atoms with E-state index in [1.54, 1.807) is 68.4 Å². The molecule has 0 saturated heterocycles. The molecule has 0 atom stereocenters. The van der Waals surface area contributed by atoms with Gasteiger partial charge in [-0.3, -0.25) is 18.9 Å². The van der Waals surface area contributed by atoms with Crippen LogP contribution in [0.1, 0.15) is 42.2 Å². The Morgan fingerprint density at radius 1 is 0.475 bits per heavy atom. The molecule has 0 aliphatic carbocycles. The topological polar surface area (TPSA) is 68.3 Å². The first kappa shape index (κ1) is 25.6. The van der Waals surface area contributed by atoms with Gasteiger partial charge in [0.25, 0.3) is 7.14 Å². The van der Waals surface area contributed by atoms with E-state index in [2.05, 4.69) is 0 Å².